The van der Waals surface area contributed by atoms with E-state index in [4.69, 9.17) is 10.6 Å². The van der Waals surface area contributed by atoms with Crippen LogP contribution < -0.4 is 21.3 Å². The van der Waals surface area contributed by atoms with E-state index in [1.54, 1.807) is 7.11 Å². The van der Waals surface area contributed by atoms with E-state index in [1.165, 1.54) is 19.2 Å². The lowest BCUT2D eigenvalue weighted by atomic mass is 10.2. The van der Waals surface area contributed by atoms with Crippen LogP contribution in [0.2, 0.25) is 0 Å². The van der Waals surface area contributed by atoms with Gasteiger partial charge in [-0.2, -0.15) is 11.8 Å². The SMILES string of the molecule is CCSC1CCCC1Nc1ncnc(NN)c1OC. The van der Waals surface area contributed by atoms with Crippen LogP contribution >= 0.6 is 11.8 Å². The Balaban J connectivity index is 2.14. The fourth-order valence-corrected chi connectivity index (χ4v) is 3.65. The van der Waals surface area contributed by atoms with Gasteiger partial charge in [0, 0.05) is 11.3 Å². The first-order chi connectivity index (χ1) is 9.30. The lowest BCUT2D eigenvalue weighted by Crippen LogP contribution is -2.27. The number of hydrogen-bond donors (Lipinski definition) is 3. The Kier molecular flexibility index (Phi) is 5.09. The smallest absolute Gasteiger partial charge is 0.205 e. The summed E-state index contributed by atoms with van der Waals surface area (Å²) in [4.78, 5) is 8.31. The molecule has 1 aliphatic carbocycles. The highest BCUT2D eigenvalue weighted by Crippen LogP contribution is 2.35. The third-order valence-corrected chi connectivity index (χ3v) is 4.63. The maximum Gasteiger partial charge on any atom is 0.205 e. The molecule has 19 heavy (non-hydrogen) atoms. The van der Waals surface area contributed by atoms with Crippen LogP contribution in [-0.2, 0) is 0 Å². The minimum absolute atomic E-state index is 0.430. The van der Waals surface area contributed by atoms with Crippen LogP contribution in [-0.4, -0.2) is 34.1 Å². The fraction of sp³-hybridized carbons (Fsp3) is 0.667. The van der Waals surface area contributed by atoms with Crippen LogP contribution in [0.15, 0.2) is 6.33 Å². The summed E-state index contributed by atoms with van der Waals surface area (Å²) in [6.07, 6.45) is 5.16. The van der Waals surface area contributed by atoms with Crippen molar-refractivity contribution in [1.82, 2.24) is 9.97 Å². The van der Waals surface area contributed by atoms with Gasteiger partial charge in [0.25, 0.3) is 0 Å². The molecule has 2 atom stereocenters. The molecule has 1 aromatic heterocycles. The molecule has 6 nitrogen and oxygen atoms in total. The molecule has 1 aliphatic rings. The zero-order valence-corrected chi connectivity index (χ0v) is 12.2. The number of anilines is 2. The van der Waals surface area contributed by atoms with Gasteiger partial charge >= 0.3 is 0 Å². The number of nitrogens with two attached hydrogens (primary N) is 1. The Bertz CT molecular complexity index is 417. The van der Waals surface area contributed by atoms with E-state index in [0.29, 0.717) is 28.7 Å². The molecule has 0 amide bonds. The molecule has 1 saturated carbocycles. The van der Waals surface area contributed by atoms with E-state index in [2.05, 4.69) is 27.6 Å². The van der Waals surface area contributed by atoms with Crippen molar-refractivity contribution in [2.75, 3.05) is 23.6 Å². The highest BCUT2D eigenvalue weighted by Gasteiger charge is 2.28. The van der Waals surface area contributed by atoms with Gasteiger partial charge in [0.05, 0.1) is 7.11 Å². The van der Waals surface area contributed by atoms with Gasteiger partial charge in [-0.05, 0) is 18.6 Å². The fourth-order valence-electron chi connectivity index (χ4n) is 2.45. The lowest BCUT2D eigenvalue weighted by molar-refractivity contribution is 0.414. The van der Waals surface area contributed by atoms with E-state index < -0.39 is 0 Å². The highest BCUT2D eigenvalue weighted by atomic mass is 32.2. The molecule has 4 N–H and O–H groups in total. The monoisotopic (exact) mass is 283 g/mol. The summed E-state index contributed by atoms with van der Waals surface area (Å²) in [6, 6.07) is 0.430. The maximum atomic E-state index is 5.43. The van der Waals surface area contributed by atoms with Gasteiger partial charge in [0.2, 0.25) is 5.75 Å². The van der Waals surface area contributed by atoms with E-state index in [0.717, 1.165) is 12.2 Å². The molecule has 1 heterocycles. The van der Waals surface area contributed by atoms with Crippen LogP contribution in [0.1, 0.15) is 26.2 Å². The zero-order valence-electron chi connectivity index (χ0n) is 11.3. The molecule has 0 aromatic carbocycles. The van der Waals surface area contributed by atoms with Crippen molar-refractivity contribution < 1.29 is 4.74 Å². The average Bonchev–Trinajstić information content (AvgIpc) is 2.86. The topological polar surface area (TPSA) is 85.1 Å². The molecule has 0 spiro atoms. The Morgan fingerprint density at radius 1 is 1.42 bits per heavy atom. The number of hydrazine groups is 1. The number of methoxy groups -OCH3 is 1. The molecule has 0 bridgehead atoms. The number of nitrogens with one attached hydrogen (secondary N) is 2. The second-order valence-corrected chi connectivity index (χ2v) is 5.94. The minimum atomic E-state index is 0.430. The Labute approximate surface area is 117 Å². The minimum Gasteiger partial charge on any atom is -0.490 e. The van der Waals surface area contributed by atoms with Gasteiger partial charge in [-0.25, -0.2) is 15.8 Å². The molecule has 0 saturated heterocycles. The number of thioether (sulfide) groups is 1. The summed E-state index contributed by atoms with van der Waals surface area (Å²) in [5, 5.41) is 4.12. The van der Waals surface area contributed by atoms with Crippen LogP contribution in [0.5, 0.6) is 5.75 Å². The summed E-state index contributed by atoms with van der Waals surface area (Å²) in [5.41, 5.74) is 2.53. The summed E-state index contributed by atoms with van der Waals surface area (Å²) in [6.45, 7) is 2.20. The van der Waals surface area contributed by atoms with Crippen LogP contribution in [0, 0.1) is 0 Å². The van der Waals surface area contributed by atoms with Crippen LogP contribution in [0.25, 0.3) is 0 Å². The largest absolute Gasteiger partial charge is 0.490 e. The molecular formula is C12H21N5OS. The van der Waals surface area contributed by atoms with Gasteiger partial charge < -0.3 is 15.5 Å². The molecule has 0 radical (unpaired) electrons. The first-order valence-electron chi connectivity index (χ1n) is 6.53. The average molecular weight is 283 g/mol. The molecule has 0 aliphatic heterocycles. The second-order valence-electron chi connectivity index (χ2n) is 4.42. The molecule has 2 unspecified atom stereocenters. The first-order valence-corrected chi connectivity index (χ1v) is 7.58. The normalized spacial score (nSPS) is 22.3. The third-order valence-electron chi connectivity index (χ3n) is 3.30. The first kappa shape index (κ1) is 14.2. The van der Waals surface area contributed by atoms with Gasteiger partial charge in [0.15, 0.2) is 11.6 Å². The van der Waals surface area contributed by atoms with Crippen molar-refractivity contribution >= 4 is 23.4 Å². The van der Waals surface area contributed by atoms with Crippen molar-refractivity contribution in [2.45, 2.75) is 37.5 Å². The number of nitrogens with zero attached hydrogens (tertiary/aromatic N) is 2. The van der Waals surface area contributed by atoms with Gasteiger partial charge in [-0.15, -0.1) is 0 Å². The highest BCUT2D eigenvalue weighted by molar-refractivity contribution is 7.99. The molecule has 1 fully saturated rings. The Hall–Kier alpha value is -1.21. The number of ether oxygens (including phenoxy) is 1. The lowest BCUT2D eigenvalue weighted by Gasteiger charge is -2.22. The predicted octanol–water partition coefficient (Wildman–Crippen LogP) is 1.86. The van der Waals surface area contributed by atoms with Crippen molar-refractivity contribution in [2.24, 2.45) is 5.84 Å². The van der Waals surface area contributed by atoms with Crippen LogP contribution in [0.3, 0.4) is 0 Å². The van der Waals surface area contributed by atoms with E-state index >= 15 is 0 Å². The summed E-state index contributed by atoms with van der Waals surface area (Å²) >= 11 is 2.00. The number of rotatable bonds is 6. The summed E-state index contributed by atoms with van der Waals surface area (Å²) in [5.74, 6) is 8.34. The summed E-state index contributed by atoms with van der Waals surface area (Å²) in [7, 11) is 1.59. The maximum absolute atomic E-state index is 5.43. The van der Waals surface area contributed by atoms with Crippen molar-refractivity contribution in [3.05, 3.63) is 6.33 Å². The molecule has 7 heteroatoms. The van der Waals surface area contributed by atoms with E-state index in [9.17, 15) is 0 Å². The molecule has 1 aromatic rings. The number of nitrogen functional groups attached to an aromatic ring is 1. The predicted molar refractivity (Wildman–Crippen MR) is 79.6 cm³/mol. The van der Waals surface area contributed by atoms with Crippen molar-refractivity contribution in [3.8, 4) is 5.75 Å². The van der Waals surface area contributed by atoms with Gasteiger partial charge in [-0.3, -0.25) is 0 Å². The quantitative estimate of drug-likeness (QED) is 0.542. The number of hydrogen-bond acceptors (Lipinski definition) is 7. The molecular weight excluding hydrogens is 262 g/mol. The third kappa shape index (κ3) is 3.22. The van der Waals surface area contributed by atoms with Gasteiger partial charge in [-0.1, -0.05) is 13.3 Å². The number of aromatic nitrogens is 2. The van der Waals surface area contributed by atoms with Crippen molar-refractivity contribution in [3.63, 3.8) is 0 Å². The standard InChI is InChI=1S/C12H21N5OS/c1-3-19-9-6-4-5-8(9)16-11-10(18-2)12(17-13)15-7-14-11/h7-9H,3-6,13H2,1-2H3,(H2,14,15,16,17). The van der Waals surface area contributed by atoms with Crippen molar-refractivity contribution in [1.29, 1.82) is 0 Å². The second kappa shape index (κ2) is 6.81. The zero-order chi connectivity index (χ0) is 13.7. The molecule has 2 rings (SSSR count). The summed E-state index contributed by atoms with van der Waals surface area (Å²) < 4.78 is 5.34. The van der Waals surface area contributed by atoms with E-state index in [-0.39, 0.29) is 0 Å². The van der Waals surface area contributed by atoms with Crippen LogP contribution in [0.4, 0.5) is 11.6 Å². The Morgan fingerprint density at radius 3 is 2.89 bits per heavy atom. The van der Waals surface area contributed by atoms with E-state index in [1.807, 2.05) is 11.8 Å². The van der Waals surface area contributed by atoms with Gasteiger partial charge in [0.1, 0.15) is 6.33 Å². The molecule has 106 valence electrons. The Morgan fingerprint density at radius 2 is 2.21 bits per heavy atom.